The molecule has 0 spiro atoms. The smallest absolute Gasteiger partial charge is 0.277 e. The van der Waals surface area contributed by atoms with Gasteiger partial charge >= 0.3 is 0 Å². The van der Waals surface area contributed by atoms with E-state index in [1.54, 1.807) is 30.6 Å². The van der Waals surface area contributed by atoms with E-state index in [-0.39, 0.29) is 11.6 Å². The van der Waals surface area contributed by atoms with E-state index >= 15 is 0 Å². The quantitative estimate of drug-likeness (QED) is 0.801. The lowest BCUT2D eigenvalue weighted by atomic mass is 10.0. The van der Waals surface area contributed by atoms with E-state index in [4.69, 9.17) is 4.52 Å². The Morgan fingerprint density at radius 3 is 2.73 bits per heavy atom. The number of anilines is 1. The molecule has 0 fully saturated rings. The summed E-state index contributed by atoms with van der Waals surface area (Å²) >= 11 is 0. The molecule has 0 atom stereocenters. The van der Waals surface area contributed by atoms with Gasteiger partial charge in [0.1, 0.15) is 0 Å². The number of hydrogen-bond donors (Lipinski definition) is 1. The summed E-state index contributed by atoms with van der Waals surface area (Å²) in [6.45, 7) is 4.08. The molecule has 0 aliphatic rings. The molecule has 0 aliphatic carbocycles. The van der Waals surface area contributed by atoms with E-state index in [1.807, 2.05) is 32.0 Å². The second kappa shape index (κ2) is 5.81. The summed E-state index contributed by atoms with van der Waals surface area (Å²) in [7, 11) is 0. The minimum absolute atomic E-state index is 0.233. The Morgan fingerprint density at radius 1 is 1.14 bits per heavy atom. The van der Waals surface area contributed by atoms with Crippen LogP contribution in [0.1, 0.15) is 21.6 Å². The van der Waals surface area contributed by atoms with Crippen LogP contribution in [0.3, 0.4) is 0 Å². The minimum Gasteiger partial charge on any atom is -0.355 e. The van der Waals surface area contributed by atoms with Crippen LogP contribution in [-0.2, 0) is 0 Å². The number of amides is 1. The zero-order chi connectivity index (χ0) is 15.5. The van der Waals surface area contributed by atoms with Gasteiger partial charge in [-0.1, -0.05) is 17.3 Å². The first-order valence-corrected chi connectivity index (χ1v) is 6.89. The number of nitrogens with one attached hydrogen (secondary N) is 1. The maximum absolute atomic E-state index is 12.1. The summed E-state index contributed by atoms with van der Waals surface area (Å²) in [4.78, 5) is 16.1. The summed E-state index contributed by atoms with van der Waals surface area (Å²) < 4.78 is 5.28. The number of aromatic nitrogens is 2. The maximum Gasteiger partial charge on any atom is 0.277 e. The highest BCUT2D eigenvalue weighted by atomic mass is 16.5. The van der Waals surface area contributed by atoms with Gasteiger partial charge in [-0.2, -0.15) is 0 Å². The lowest BCUT2D eigenvalue weighted by molar-refractivity contribution is 0.101. The highest BCUT2D eigenvalue weighted by Crippen LogP contribution is 2.23. The normalized spacial score (nSPS) is 10.5. The van der Waals surface area contributed by atoms with Crippen LogP contribution in [0.15, 0.2) is 53.3 Å². The molecule has 1 amide bonds. The topological polar surface area (TPSA) is 68.0 Å². The Kier molecular flexibility index (Phi) is 3.70. The molecule has 0 aliphatic heterocycles. The van der Waals surface area contributed by atoms with Crippen molar-refractivity contribution in [2.24, 2.45) is 0 Å². The number of aryl methyl sites for hydroxylation is 2. The molecule has 3 aromatic rings. The molecule has 5 heteroatoms. The van der Waals surface area contributed by atoms with Crippen molar-refractivity contribution >= 4 is 11.6 Å². The van der Waals surface area contributed by atoms with Gasteiger partial charge in [-0.05, 0) is 43.2 Å². The van der Waals surface area contributed by atoms with Crippen LogP contribution >= 0.6 is 0 Å². The number of pyridine rings is 1. The van der Waals surface area contributed by atoms with Crippen LogP contribution < -0.4 is 5.32 Å². The van der Waals surface area contributed by atoms with Crippen molar-refractivity contribution in [2.45, 2.75) is 13.8 Å². The summed E-state index contributed by atoms with van der Waals surface area (Å²) in [6, 6.07) is 11.1. The van der Waals surface area contributed by atoms with Crippen molar-refractivity contribution in [1.29, 1.82) is 0 Å². The molecule has 2 heterocycles. The fourth-order valence-corrected chi connectivity index (χ4v) is 2.04. The van der Waals surface area contributed by atoms with Crippen molar-refractivity contribution < 1.29 is 9.32 Å². The molecule has 3 rings (SSSR count). The van der Waals surface area contributed by atoms with Crippen molar-refractivity contribution in [3.8, 4) is 11.3 Å². The van der Waals surface area contributed by atoms with Gasteiger partial charge in [0.15, 0.2) is 11.5 Å². The molecule has 22 heavy (non-hydrogen) atoms. The van der Waals surface area contributed by atoms with Gasteiger partial charge in [-0.3, -0.25) is 9.78 Å². The maximum atomic E-state index is 12.1. The molecule has 2 aromatic heterocycles. The largest absolute Gasteiger partial charge is 0.355 e. The average Bonchev–Trinajstić information content (AvgIpc) is 3.01. The Balaban J connectivity index is 1.81. The van der Waals surface area contributed by atoms with Crippen molar-refractivity contribution in [2.75, 3.05) is 5.32 Å². The molecule has 0 saturated carbocycles. The molecule has 0 unspecified atom stereocenters. The number of rotatable bonds is 3. The monoisotopic (exact) mass is 293 g/mol. The zero-order valence-corrected chi connectivity index (χ0v) is 12.3. The standard InChI is InChI=1S/C17H15N3O2/c1-11-5-6-13(8-12(11)2)16-9-15(20-22-16)17(21)19-14-4-3-7-18-10-14/h3-10H,1-2H3,(H,19,21). The Morgan fingerprint density at radius 2 is 2.00 bits per heavy atom. The summed E-state index contributed by atoms with van der Waals surface area (Å²) in [5.74, 6) is 0.242. The Labute approximate surface area is 128 Å². The molecular formula is C17H15N3O2. The number of carbonyl (C=O) groups is 1. The van der Waals surface area contributed by atoms with Crippen LogP contribution in [0.4, 0.5) is 5.69 Å². The van der Waals surface area contributed by atoms with Gasteiger partial charge in [0.05, 0.1) is 11.9 Å². The van der Waals surface area contributed by atoms with Crippen molar-refractivity contribution in [3.63, 3.8) is 0 Å². The Bertz CT molecular complexity index is 810. The second-order valence-corrected chi connectivity index (χ2v) is 5.07. The predicted molar refractivity (Wildman–Crippen MR) is 83.6 cm³/mol. The third-order valence-corrected chi connectivity index (χ3v) is 3.45. The van der Waals surface area contributed by atoms with Crippen molar-refractivity contribution in [1.82, 2.24) is 10.1 Å². The van der Waals surface area contributed by atoms with E-state index in [2.05, 4.69) is 15.5 Å². The van der Waals surface area contributed by atoms with E-state index in [0.29, 0.717) is 11.4 Å². The van der Waals surface area contributed by atoms with Crippen LogP contribution in [0, 0.1) is 13.8 Å². The molecular weight excluding hydrogens is 278 g/mol. The van der Waals surface area contributed by atoms with Gasteiger partial charge in [-0.15, -0.1) is 0 Å². The summed E-state index contributed by atoms with van der Waals surface area (Å²) in [5.41, 5.74) is 4.12. The molecule has 0 bridgehead atoms. The summed E-state index contributed by atoms with van der Waals surface area (Å²) in [6.07, 6.45) is 3.21. The van der Waals surface area contributed by atoms with Crippen LogP contribution in [0.5, 0.6) is 0 Å². The van der Waals surface area contributed by atoms with Gasteiger partial charge in [0.2, 0.25) is 0 Å². The first-order chi connectivity index (χ1) is 10.6. The van der Waals surface area contributed by atoms with Gasteiger partial charge < -0.3 is 9.84 Å². The van der Waals surface area contributed by atoms with E-state index in [9.17, 15) is 4.79 Å². The highest BCUT2D eigenvalue weighted by Gasteiger charge is 2.14. The molecule has 1 aromatic carbocycles. The average molecular weight is 293 g/mol. The van der Waals surface area contributed by atoms with Crippen LogP contribution in [0.25, 0.3) is 11.3 Å². The van der Waals surface area contributed by atoms with E-state index in [0.717, 1.165) is 11.1 Å². The van der Waals surface area contributed by atoms with Crippen LogP contribution in [-0.4, -0.2) is 16.0 Å². The minimum atomic E-state index is -0.327. The van der Waals surface area contributed by atoms with Gasteiger partial charge in [0.25, 0.3) is 5.91 Å². The lowest BCUT2D eigenvalue weighted by Crippen LogP contribution is -2.12. The zero-order valence-electron chi connectivity index (χ0n) is 12.3. The third kappa shape index (κ3) is 2.88. The Hall–Kier alpha value is -2.95. The first-order valence-electron chi connectivity index (χ1n) is 6.89. The third-order valence-electron chi connectivity index (χ3n) is 3.45. The number of hydrogen-bond acceptors (Lipinski definition) is 4. The summed E-state index contributed by atoms with van der Waals surface area (Å²) in [5, 5.41) is 6.55. The van der Waals surface area contributed by atoms with E-state index < -0.39 is 0 Å². The highest BCUT2D eigenvalue weighted by molar-refractivity contribution is 6.03. The SMILES string of the molecule is Cc1ccc(-c2cc(C(=O)Nc3cccnc3)no2)cc1C. The molecule has 1 N–H and O–H groups in total. The molecule has 5 nitrogen and oxygen atoms in total. The van der Waals surface area contributed by atoms with Gasteiger partial charge in [-0.25, -0.2) is 0 Å². The van der Waals surface area contributed by atoms with Gasteiger partial charge in [0, 0.05) is 17.8 Å². The number of carbonyl (C=O) groups excluding carboxylic acids is 1. The second-order valence-electron chi connectivity index (χ2n) is 5.07. The molecule has 0 saturated heterocycles. The molecule has 0 radical (unpaired) electrons. The number of benzene rings is 1. The predicted octanol–water partition coefficient (Wildman–Crippen LogP) is 3.61. The van der Waals surface area contributed by atoms with Crippen molar-refractivity contribution in [3.05, 3.63) is 65.6 Å². The fourth-order valence-electron chi connectivity index (χ4n) is 2.04. The van der Waals surface area contributed by atoms with E-state index in [1.165, 1.54) is 5.56 Å². The van der Waals surface area contributed by atoms with Crippen LogP contribution in [0.2, 0.25) is 0 Å². The first kappa shape index (κ1) is 14.0. The fraction of sp³-hybridized carbons (Fsp3) is 0.118. The molecule has 110 valence electrons. The lowest BCUT2D eigenvalue weighted by Gasteiger charge is -2.01. The number of nitrogens with zero attached hydrogens (tertiary/aromatic N) is 2.